The number of aromatic hydroxyl groups is 3. The highest BCUT2D eigenvalue weighted by Crippen LogP contribution is 2.42. The van der Waals surface area contributed by atoms with E-state index in [9.17, 15) is 15.3 Å². The van der Waals surface area contributed by atoms with Gasteiger partial charge in [0.2, 0.25) is 0 Å². The van der Waals surface area contributed by atoms with Gasteiger partial charge in [-0.25, -0.2) is 0 Å². The van der Waals surface area contributed by atoms with Crippen molar-refractivity contribution in [3.63, 3.8) is 0 Å². The molecule has 0 spiro atoms. The predicted molar refractivity (Wildman–Crippen MR) is 83.7 cm³/mol. The van der Waals surface area contributed by atoms with Crippen LogP contribution in [0.25, 0.3) is 22.4 Å². The average Bonchev–Trinajstić information content (AvgIpc) is 2.92. The molecular weight excluding hydrogens is 298 g/mol. The maximum absolute atomic E-state index is 10.1. The first kappa shape index (κ1) is 14.8. The van der Waals surface area contributed by atoms with Crippen molar-refractivity contribution in [2.75, 3.05) is 7.11 Å². The SMILES string of the molecule is COc1ccc(-c2c(-c3cc(O)c(O)cc3O)noc2C)cc1. The molecule has 2 aromatic carbocycles. The van der Waals surface area contributed by atoms with E-state index in [4.69, 9.17) is 9.26 Å². The van der Waals surface area contributed by atoms with Gasteiger partial charge in [-0.3, -0.25) is 0 Å². The van der Waals surface area contributed by atoms with Gasteiger partial charge in [0.15, 0.2) is 11.5 Å². The van der Waals surface area contributed by atoms with Crippen molar-refractivity contribution in [3.8, 4) is 45.4 Å². The Morgan fingerprint density at radius 2 is 1.61 bits per heavy atom. The third kappa shape index (κ3) is 2.55. The van der Waals surface area contributed by atoms with Crippen molar-refractivity contribution in [2.45, 2.75) is 6.92 Å². The maximum Gasteiger partial charge on any atom is 0.161 e. The van der Waals surface area contributed by atoms with Gasteiger partial charge in [0.25, 0.3) is 0 Å². The monoisotopic (exact) mass is 313 g/mol. The van der Waals surface area contributed by atoms with Gasteiger partial charge in [0.05, 0.1) is 18.2 Å². The number of benzene rings is 2. The van der Waals surface area contributed by atoms with E-state index in [1.165, 1.54) is 6.07 Å². The molecule has 0 fully saturated rings. The van der Waals surface area contributed by atoms with Gasteiger partial charge in [-0.15, -0.1) is 0 Å². The Morgan fingerprint density at radius 1 is 0.957 bits per heavy atom. The van der Waals surface area contributed by atoms with Crippen LogP contribution in [0.1, 0.15) is 5.76 Å². The van der Waals surface area contributed by atoms with Crippen LogP contribution in [-0.2, 0) is 0 Å². The third-order valence-electron chi connectivity index (χ3n) is 3.59. The minimum Gasteiger partial charge on any atom is -0.507 e. The van der Waals surface area contributed by atoms with E-state index in [0.717, 1.165) is 17.4 Å². The Kier molecular flexibility index (Phi) is 3.57. The molecule has 0 saturated carbocycles. The number of phenols is 3. The molecule has 0 aliphatic heterocycles. The van der Waals surface area contributed by atoms with E-state index in [0.29, 0.717) is 17.0 Å². The summed E-state index contributed by atoms with van der Waals surface area (Å²) in [4.78, 5) is 0. The molecule has 23 heavy (non-hydrogen) atoms. The summed E-state index contributed by atoms with van der Waals surface area (Å²) >= 11 is 0. The van der Waals surface area contributed by atoms with Crippen molar-refractivity contribution in [1.82, 2.24) is 5.16 Å². The maximum atomic E-state index is 10.1. The lowest BCUT2D eigenvalue weighted by atomic mass is 9.98. The molecule has 0 saturated heterocycles. The third-order valence-corrected chi connectivity index (χ3v) is 3.59. The van der Waals surface area contributed by atoms with Crippen molar-refractivity contribution in [1.29, 1.82) is 0 Å². The number of hydrogen-bond donors (Lipinski definition) is 3. The number of hydrogen-bond acceptors (Lipinski definition) is 6. The minimum absolute atomic E-state index is 0.205. The number of nitrogens with zero attached hydrogens (tertiary/aromatic N) is 1. The van der Waals surface area contributed by atoms with Crippen LogP contribution in [0.2, 0.25) is 0 Å². The number of aromatic nitrogens is 1. The van der Waals surface area contributed by atoms with Crippen LogP contribution in [0.5, 0.6) is 23.0 Å². The molecule has 0 atom stereocenters. The summed E-state index contributed by atoms with van der Waals surface area (Å²) in [5.41, 5.74) is 2.16. The van der Waals surface area contributed by atoms with E-state index in [1.807, 2.05) is 12.1 Å². The number of rotatable bonds is 3. The fourth-order valence-corrected chi connectivity index (χ4v) is 2.41. The lowest BCUT2D eigenvalue weighted by molar-refractivity contribution is 0.393. The van der Waals surface area contributed by atoms with Gasteiger partial charge in [0, 0.05) is 6.07 Å². The number of phenolic OH excluding ortho intramolecular Hbond substituents is 3. The lowest BCUT2D eigenvalue weighted by Crippen LogP contribution is -1.87. The molecular formula is C17H15NO5. The highest BCUT2D eigenvalue weighted by atomic mass is 16.5. The first-order chi connectivity index (χ1) is 11.0. The Balaban J connectivity index is 2.17. The lowest BCUT2D eigenvalue weighted by Gasteiger charge is -2.07. The molecule has 6 nitrogen and oxygen atoms in total. The molecule has 0 aliphatic carbocycles. The van der Waals surface area contributed by atoms with Crippen molar-refractivity contribution < 1.29 is 24.6 Å². The molecule has 0 amide bonds. The quantitative estimate of drug-likeness (QED) is 0.506. The first-order valence-corrected chi connectivity index (χ1v) is 6.87. The zero-order valence-corrected chi connectivity index (χ0v) is 12.6. The van der Waals surface area contributed by atoms with E-state index in [1.54, 1.807) is 26.2 Å². The number of ether oxygens (including phenoxy) is 1. The summed E-state index contributed by atoms with van der Waals surface area (Å²) in [5, 5.41) is 33.2. The van der Waals surface area contributed by atoms with Crippen molar-refractivity contribution in [3.05, 3.63) is 42.2 Å². The number of methoxy groups -OCH3 is 1. The Labute approximate surface area is 132 Å². The number of aryl methyl sites for hydroxylation is 1. The Bertz CT molecular complexity index is 852. The molecule has 3 aromatic rings. The van der Waals surface area contributed by atoms with Crippen LogP contribution < -0.4 is 4.74 Å². The van der Waals surface area contributed by atoms with E-state index >= 15 is 0 Å². The Morgan fingerprint density at radius 3 is 2.26 bits per heavy atom. The normalized spacial score (nSPS) is 10.7. The van der Waals surface area contributed by atoms with Crippen molar-refractivity contribution >= 4 is 0 Å². The minimum atomic E-state index is -0.405. The molecule has 0 radical (unpaired) electrons. The second-order valence-corrected chi connectivity index (χ2v) is 5.05. The standard InChI is InChI=1S/C17H15NO5/c1-9-16(10-3-5-11(22-2)6-4-10)17(18-23-9)12-7-14(20)15(21)8-13(12)19/h3-8,19-21H,1-2H3. The smallest absolute Gasteiger partial charge is 0.161 e. The van der Waals surface area contributed by atoms with Crippen LogP contribution in [0, 0.1) is 6.92 Å². The van der Waals surface area contributed by atoms with Gasteiger partial charge in [-0.05, 0) is 30.7 Å². The summed E-state index contributed by atoms with van der Waals surface area (Å²) < 4.78 is 10.4. The van der Waals surface area contributed by atoms with E-state index in [-0.39, 0.29) is 17.1 Å². The second kappa shape index (κ2) is 5.57. The van der Waals surface area contributed by atoms with Crippen LogP contribution >= 0.6 is 0 Å². The summed E-state index contributed by atoms with van der Waals surface area (Å²) in [6, 6.07) is 9.61. The van der Waals surface area contributed by atoms with Crippen molar-refractivity contribution in [2.24, 2.45) is 0 Å². The highest BCUT2D eigenvalue weighted by molar-refractivity contribution is 5.85. The molecule has 118 valence electrons. The van der Waals surface area contributed by atoms with Gasteiger partial charge >= 0.3 is 0 Å². The molecule has 0 unspecified atom stereocenters. The zero-order valence-electron chi connectivity index (χ0n) is 12.6. The van der Waals surface area contributed by atoms with Crippen LogP contribution in [0.3, 0.4) is 0 Å². The van der Waals surface area contributed by atoms with Gasteiger partial charge in [-0.1, -0.05) is 17.3 Å². The zero-order chi connectivity index (χ0) is 16.6. The average molecular weight is 313 g/mol. The van der Waals surface area contributed by atoms with Crippen LogP contribution in [0.15, 0.2) is 40.9 Å². The van der Waals surface area contributed by atoms with Crippen LogP contribution in [-0.4, -0.2) is 27.6 Å². The molecule has 6 heteroatoms. The molecule has 1 heterocycles. The Hall–Kier alpha value is -3.15. The largest absolute Gasteiger partial charge is 0.507 e. The first-order valence-electron chi connectivity index (χ1n) is 6.87. The van der Waals surface area contributed by atoms with Crippen LogP contribution in [0.4, 0.5) is 0 Å². The molecule has 1 aromatic heterocycles. The van der Waals surface area contributed by atoms with Gasteiger partial charge in [0.1, 0.15) is 23.0 Å². The topological polar surface area (TPSA) is 96.0 Å². The van der Waals surface area contributed by atoms with E-state index in [2.05, 4.69) is 5.16 Å². The second-order valence-electron chi connectivity index (χ2n) is 5.05. The summed E-state index contributed by atoms with van der Waals surface area (Å²) in [7, 11) is 1.59. The summed E-state index contributed by atoms with van der Waals surface area (Å²) in [6.07, 6.45) is 0. The van der Waals surface area contributed by atoms with Gasteiger partial charge in [-0.2, -0.15) is 0 Å². The van der Waals surface area contributed by atoms with E-state index < -0.39 is 5.75 Å². The molecule has 3 rings (SSSR count). The molecule has 3 N–H and O–H groups in total. The molecule has 0 bridgehead atoms. The summed E-state index contributed by atoms with van der Waals surface area (Å²) in [5.74, 6) is 0.326. The van der Waals surface area contributed by atoms with Gasteiger partial charge < -0.3 is 24.6 Å². The predicted octanol–water partition coefficient (Wildman–Crippen LogP) is 3.44. The fraction of sp³-hybridized carbons (Fsp3) is 0.118. The highest BCUT2D eigenvalue weighted by Gasteiger charge is 2.20. The molecule has 0 aliphatic rings. The fourth-order valence-electron chi connectivity index (χ4n) is 2.41. The summed E-state index contributed by atoms with van der Waals surface area (Å²) in [6.45, 7) is 1.76.